The molecule has 296 valence electrons. The Morgan fingerprint density at radius 2 is 1.55 bits per heavy atom. The molecular weight excluding hydrogens is 715 g/mol. The summed E-state index contributed by atoms with van der Waals surface area (Å²) in [5.74, 6) is 7.53. The van der Waals surface area contributed by atoms with Crippen LogP contribution in [0.4, 0.5) is 9.59 Å². The number of hydrogen-bond donors (Lipinski definition) is 3. The molecule has 2 aromatic carbocycles. The van der Waals surface area contributed by atoms with Crippen molar-refractivity contribution in [1.29, 1.82) is 0 Å². The molecule has 0 radical (unpaired) electrons. The minimum atomic E-state index is -0.948. The number of nitrogens with one attached hydrogen (secondary N) is 3. The van der Waals surface area contributed by atoms with Gasteiger partial charge in [0.15, 0.2) is 6.10 Å². The summed E-state index contributed by atoms with van der Waals surface area (Å²) in [6.45, 7) is 10.8. The van der Waals surface area contributed by atoms with E-state index >= 15 is 0 Å². The lowest BCUT2D eigenvalue weighted by molar-refractivity contribution is -0.145. The molecule has 14 heteroatoms. The molecule has 5 atom stereocenters. The van der Waals surface area contributed by atoms with E-state index in [2.05, 4.69) is 38.8 Å². The van der Waals surface area contributed by atoms with Crippen molar-refractivity contribution >= 4 is 35.1 Å². The Kier molecular flexibility index (Phi) is 12.3. The van der Waals surface area contributed by atoms with E-state index in [1.807, 2.05) is 81.3 Å². The number of H-pyrrole nitrogens is 2. The van der Waals surface area contributed by atoms with Crippen molar-refractivity contribution in [2.75, 3.05) is 27.3 Å². The lowest BCUT2D eigenvalue weighted by Gasteiger charge is -2.40. The number of nitrogens with zero attached hydrogens (tertiary/aromatic N) is 4. The van der Waals surface area contributed by atoms with E-state index in [4.69, 9.17) is 19.4 Å². The van der Waals surface area contributed by atoms with Gasteiger partial charge in [-0.2, -0.15) is 0 Å². The molecular formula is C42H51N7O7. The molecule has 2 fully saturated rings. The number of carbonyl (C=O) groups is 4. The zero-order valence-corrected chi connectivity index (χ0v) is 33.0. The smallest absolute Gasteiger partial charge is 0.453 e. The second-order valence-electron chi connectivity index (χ2n) is 15.3. The van der Waals surface area contributed by atoms with Crippen LogP contribution in [0.25, 0.3) is 22.3 Å². The predicted octanol–water partition coefficient (Wildman–Crippen LogP) is 6.50. The Morgan fingerprint density at radius 3 is 2.25 bits per heavy atom. The molecule has 14 nitrogen and oxygen atoms in total. The van der Waals surface area contributed by atoms with E-state index in [9.17, 15) is 19.2 Å². The standard InChI is InChI=1S/C42H51N7O7/c1-24(2)35(47-41(52)54-6)39(50)49-20-18-26(5)21-34(49)37-43-23-32(46-37)29-15-12-27(13-16-29)10-11-28-14-17-30-31(22-28)45-38(44-30)33-9-8-19-48(33)40(51)36(25(3)4)56-42(53)55-7/h12-17,22-26,33-36H,8-9,18-21H2,1-7H3,(H,43,46)(H,44,45)(H,47,52)/t26-,33-,34-,35-,36-/m0/s1. The summed E-state index contributed by atoms with van der Waals surface area (Å²) in [5.41, 5.74) is 4.88. The van der Waals surface area contributed by atoms with Gasteiger partial charge >= 0.3 is 12.2 Å². The minimum absolute atomic E-state index is 0.121. The number of likely N-dealkylation sites (tertiary alicyclic amines) is 2. The van der Waals surface area contributed by atoms with Crippen LogP contribution in [0.3, 0.4) is 0 Å². The highest BCUT2D eigenvalue weighted by atomic mass is 16.7. The maximum absolute atomic E-state index is 13.8. The molecule has 2 saturated heterocycles. The van der Waals surface area contributed by atoms with E-state index < -0.39 is 24.4 Å². The van der Waals surface area contributed by atoms with Crippen molar-refractivity contribution in [3.63, 3.8) is 0 Å². The Balaban J connectivity index is 1.14. The topological polar surface area (TPSA) is 172 Å². The molecule has 4 aromatic rings. The van der Waals surface area contributed by atoms with Crippen molar-refractivity contribution < 1.29 is 33.4 Å². The summed E-state index contributed by atoms with van der Waals surface area (Å²) in [6, 6.07) is 12.4. The van der Waals surface area contributed by atoms with Crippen molar-refractivity contribution in [3.05, 3.63) is 71.4 Å². The first-order valence-corrected chi connectivity index (χ1v) is 19.2. The fourth-order valence-electron chi connectivity index (χ4n) is 7.43. The first-order valence-electron chi connectivity index (χ1n) is 19.2. The molecule has 0 bridgehead atoms. The number of imidazole rings is 2. The van der Waals surface area contributed by atoms with Crippen LogP contribution in [0, 0.1) is 29.6 Å². The fraction of sp³-hybridized carbons (Fsp3) is 0.476. The highest BCUT2D eigenvalue weighted by Gasteiger charge is 2.40. The van der Waals surface area contributed by atoms with Crippen molar-refractivity contribution in [3.8, 4) is 23.1 Å². The number of alkyl carbamates (subject to hydrolysis) is 1. The van der Waals surface area contributed by atoms with Crippen LogP contribution < -0.4 is 5.32 Å². The van der Waals surface area contributed by atoms with Crippen LogP contribution in [-0.4, -0.2) is 93.3 Å². The van der Waals surface area contributed by atoms with Crippen LogP contribution in [0.1, 0.15) is 95.2 Å². The normalized spacial score (nSPS) is 19.3. The quantitative estimate of drug-likeness (QED) is 0.127. The summed E-state index contributed by atoms with van der Waals surface area (Å²) in [6.07, 6.45) is 2.57. The van der Waals surface area contributed by atoms with E-state index in [1.54, 1.807) is 4.90 Å². The summed E-state index contributed by atoms with van der Waals surface area (Å²) in [7, 11) is 2.51. The van der Waals surface area contributed by atoms with Gasteiger partial charge in [0.1, 0.15) is 17.7 Å². The third-order valence-corrected chi connectivity index (χ3v) is 10.6. The fourth-order valence-corrected chi connectivity index (χ4v) is 7.43. The van der Waals surface area contributed by atoms with Gasteiger partial charge in [0, 0.05) is 36.0 Å². The number of hydrogen-bond acceptors (Lipinski definition) is 9. The zero-order valence-electron chi connectivity index (χ0n) is 33.0. The Bertz CT molecular complexity index is 2110. The minimum Gasteiger partial charge on any atom is -0.453 e. The summed E-state index contributed by atoms with van der Waals surface area (Å²) in [4.78, 5) is 71.2. The third-order valence-electron chi connectivity index (χ3n) is 10.6. The van der Waals surface area contributed by atoms with Gasteiger partial charge in [-0.15, -0.1) is 0 Å². The molecule has 0 saturated carbocycles. The first kappa shape index (κ1) is 39.8. The number of benzene rings is 2. The van der Waals surface area contributed by atoms with Crippen LogP contribution in [-0.2, 0) is 23.8 Å². The van der Waals surface area contributed by atoms with E-state index in [1.165, 1.54) is 14.2 Å². The van der Waals surface area contributed by atoms with Gasteiger partial charge < -0.3 is 39.3 Å². The Morgan fingerprint density at radius 1 is 0.839 bits per heavy atom. The monoisotopic (exact) mass is 765 g/mol. The van der Waals surface area contributed by atoms with E-state index in [0.29, 0.717) is 30.7 Å². The molecule has 0 unspecified atom stereocenters. The maximum Gasteiger partial charge on any atom is 0.508 e. The predicted molar refractivity (Wildman–Crippen MR) is 209 cm³/mol. The second-order valence-corrected chi connectivity index (χ2v) is 15.3. The highest BCUT2D eigenvalue weighted by Crippen LogP contribution is 2.35. The van der Waals surface area contributed by atoms with Gasteiger partial charge in [-0.3, -0.25) is 9.59 Å². The molecule has 2 aliphatic rings. The summed E-state index contributed by atoms with van der Waals surface area (Å²) in [5, 5.41) is 2.71. The Labute approximate surface area is 327 Å². The number of methoxy groups -OCH3 is 2. The third kappa shape index (κ3) is 8.83. The molecule has 6 rings (SSSR count). The SMILES string of the molecule is COC(=O)N[C@H](C(=O)N1CC[C@H](C)C[C@H]1c1nc(-c2ccc(C#Cc3ccc4[nH]c([C@@H]5CCCN5C(=O)[C@@H](OC(=O)OC)C(C)C)nc4c3)cc2)c[nH]1)C(C)C. The summed E-state index contributed by atoms with van der Waals surface area (Å²) >= 11 is 0. The van der Waals surface area contributed by atoms with Gasteiger partial charge in [0.25, 0.3) is 5.91 Å². The number of aromatic amines is 2. The van der Waals surface area contributed by atoms with Crippen LogP contribution in [0.15, 0.2) is 48.7 Å². The van der Waals surface area contributed by atoms with E-state index in [-0.39, 0.29) is 35.7 Å². The number of rotatable bonds is 9. The highest BCUT2D eigenvalue weighted by molar-refractivity contribution is 5.86. The van der Waals surface area contributed by atoms with Gasteiger partial charge in [-0.05, 0) is 73.8 Å². The van der Waals surface area contributed by atoms with Crippen molar-refractivity contribution in [2.45, 2.75) is 84.5 Å². The van der Waals surface area contributed by atoms with Gasteiger partial charge in [-0.1, -0.05) is 58.6 Å². The van der Waals surface area contributed by atoms with E-state index in [0.717, 1.165) is 59.1 Å². The van der Waals surface area contributed by atoms with Crippen molar-refractivity contribution in [2.24, 2.45) is 17.8 Å². The largest absolute Gasteiger partial charge is 0.508 e. The number of amides is 3. The number of fused-ring (bicyclic) bond motifs is 1. The molecule has 4 heterocycles. The van der Waals surface area contributed by atoms with Crippen LogP contribution >= 0.6 is 0 Å². The van der Waals surface area contributed by atoms with Gasteiger partial charge in [0.05, 0.1) is 43.0 Å². The lowest BCUT2D eigenvalue weighted by atomic mass is 9.90. The Hall–Kier alpha value is -5.84. The number of aromatic nitrogens is 4. The van der Waals surface area contributed by atoms with Crippen LogP contribution in [0.5, 0.6) is 0 Å². The molecule has 3 N–H and O–H groups in total. The van der Waals surface area contributed by atoms with Crippen molar-refractivity contribution in [1.82, 2.24) is 35.1 Å². The average Bonchev–Trinajstić information content (AvgIpc) is 3.97. The molecule has 2 aliphatic heterocycles. The molecule has 56 heavy (non-hydrogen) atoms. The molecule has 0 spiro atoms. The van der Waals surface area contributed by atoms with Crippen LogP contribution in [0.2, 0.25) is 0 Å². The van der Waals surface area contributed by atoms with Gasteiger partial charge in [-0.25, -0.2) is 19.6 Å². The number of piperidine rings is 1. The summed E-state index contributed by atoms with van der Waals surface area (Å²) < 4.78 is 14.7. The van der Waals surface area contributed by atoms with Gasteiger partial charge in [0.2, 0.25) is 5.91 Å². The molecule has 2 aromatic heterocycles. The number of carbonyl (C=O) groups excluding carboxylic acids is 4. The number of ether oxygens (including phenoxy) is 3. The average molecular weight is 766 g/mol. The maximum atomic E-state index is 13.8. The lowest BCUT2D eigenvalue weighted by Crippen LogP contribution is -2.53. The first-order chi connectivity index (χ1) is 26.9. The zero-order chi connectivity index (χ0) is 40.1. The molecule has 0 aliphatic carbocycles. The molecule has 3 amide bonds. The second kappa shape index (κ2) is 17.3.